The van der Waals surface area contributed by atoms with Crippen molar-refractivity contribution in [1.82, 2.24) is 21.3 Å². The van der Waals surface area contributed by atoms with Gasteiger partial charge in [0.2, 0.25) is 0 Å². The SMILES string of the molecule is CCCNCCCC1=CN(C2OC(C(=O)O)C(O)C(O)C2O)NN1. The average Bonchev–Trinajstić information content (AvgIpc) is 3.01. The third kappa shape index (κ3) is 4.35. The first-order valence-electron chi connectivity index (χ1n) is 8.09. The Morgan fingerprint density at radius 1 is 1.29 bits per heavy atom. The van der Waals surface area contributed by atoms with Crippen LogP contribution in [0.25, 0.3) is 0 Å². The lowest BCUT2D eigenvalue weighted by atomic mass is 9.98. The number of carboxylic acids is 1. The van der Waals surface area contributed by atoms with Crippen LogP contribution in [-0.4, -0.2) is 75.1 Å². The molecule has 2 rings (SSSR count). The lowest BCUT2D eigenvalue weighted by Crippen LogP contribution is -2.65. The normalized spacial score (nSPS) is 33.2. The van der Waals surface area contributed by atoms with Crippen LogP contribution in [0.15, 0.2) is 11.9 Å². The Kier molecular flexibility index (Phi) is 6.78. The molecule has 1 saturated heterocycles. The lowest BCUT2D eigenvalue weighted by Gasteiger charge is -2.41. The van der Waals surface area contributed by atoms with Crippen LogP contribution in [0.5, 0.6) is 0 Å². The Bertz CT molecular complexity index is 463. The van der Waals surface area contributed by atoms with Crippen LogP contribution < -0.4 is 16.3 Å². The molecule has 0 aromatic heterocycles. The van der Waals surface area contributed by atoms with Gasteiger partial charge in [0.15, 0.2) is 12.3 Å². The van der Waals surface area contributed by atoms with Crippen molar-refractivity contribution in [2.75, 3.05) is 13.1 Å². The van der Waals surface area contributed by atoms with E-state index in [4.69, 9.17) is 9.84 Å². The van der Waals surface area contributed by atoms with E-state index in [1.54, 1.807) is 6.20 Å². The molecule has 0 bridgehead atoms. The molecular weight excluding hydrogens is 320 g/mol. The fraction of sp³-hybridized carbons (Fsp3) is 0.786. The molecule has 2 aliphatic rings. The van der Waals surface area contributed by atoms with E-state index in [9.17, 15) is 20.1 Å². The van der Waals surface area contributed by atoms with Crippen molar-refractivity contribution in [3.63, 3.8) is 0 Å². The number of nitrogens with zero attached hydrogens (tertiary/aromatic N) is 1. The van der Waals surface area contributed by atoms with Gasteiger partial charge in [-0.05, 0) is 32.4 Å². The van der Waals surface area contributed by atoms with E-state index in [2.05, 4.69) is 23.2 Å². The van der Waals surface area contributed by atoms with Gasteiger partial charge in [0.1, 0.15) is 18.3 Å². The van der Waals surface area contributed by atoms with Crippen LogP contribution in [-0.2, 0) is 9.53 Å². The monoisotopic (exact) mass is 346 g/mol. The number of hydrogen-bond donors (Lipinski definition) is 7. The molecule has 10 heteroatoms. The molecule has 0 saturated carbocycles. The summed E-state index contributed by atoms with van der Waals surface area (Å²) < 4.78 is 5.24. The highest BCUT2D eigenvalue weighted by Gasteiger charge is 2.49. The molecule has 2 aliphatic heterocycles. The van der Waals surface area contributed by atoms with Crippen molar-refractivity contribution in [1.29, 1.82) is 0 Å². The minimum absolute atomic E-state index is 0.747. The third-order valence-corrected chi connectivity index (χ3v) is 3.97. The molecule has 24 heavy (non-hydrogen) atoms. The summed E-state index contributed by atoms with van der Waals surface area (Å²) >= 11 is 0. The highest BCUT2D eigenvalue weighted by atomic mass is 16.6. The summed E-state index contributed by atoms with van der Waals surface area (Å²) in [5.74, 6) is -1.41. The second kappa shape index (κ2) is 8.60. The Morgan fingerprint density at radius 2 is 2.04 bits per heavy atom. The van der Waals surface area contributed by atoms with Gasteiger partial charge in [0.25, 0.3) is 0 Å². The lowest BCUT2D eigenvalue weighted by molar-refractivity contribution is -0.259. The van der Waals surface area contributed by atoms with E-state index in [-0.39, 0.29) is 0 Å². The number of hydrazine groups is 2. The van der Waals surface area contributed by atoms with Gasteiger partial charge in [-0.3, -0.25) is 5.01 Å². The molecule has 0 aliphatic carbocycles. The minimum Gasteiger partial charge on any atom is -0.479 e. The number of aliphatic hydroxyl groups excluding tert-OH is 3. The molecule has 2 heterocycles. The number of hydrogen-bond acceptors (Lipinski definition) is 9. The number of aliphatic carboxylic acids is 1. The predicted molar refractivity (Wildman–Crippen MR) is 82.9 cm³/mol. The van der Waals surface area contributed by atoms with Gasteiger partial charge in [-0.2, -0.15) is 0 Å². The van der Waals surface area contributed by atoms with Crippen molar-refractivity contribution in [3.8, 4) is 0 Å². The first-order chi connectivity index (χ1) is 11.5. The van der Waals surface area contributed by atoms with Crippen molar-refractivity contribution in [2.45, 2.75) is 56.8 Å². The van der Waals surface area contributed by atoms with Crippen molar-refractivity contribution < 1.29 is 30.0 Å². The number of nitrogens with one attached hydrogen (secondary N) is 3. The minimum atomic E-state index is -1.70. The number of aliphatic hydroxyl groups is 3. The van der Waals surface area contributed by atoms with Gasteiger partial charge in [0.05, 0.1) is 0 Å². The highest BCUT2D eigenvalue weighted by Crippen LogP contribution is 2.24. The average molecular weight is 346 g/mol. The second-order valence-corrected chi connectivity index (χ2v) is 5.91. The largest absolute Gasteiger partial charge is 0.479 e. The third-order valence-electron chi connectivity index (χ3n) is 3.97. The molecule has 1 fully saturated rings. The van der Waals surface area contributed by atoms with Crippen molar-refractivity contribution in [2.24, 2.45) is 0 Å². The van der Waals surface area contributed by atoms with E-state index in [1.165, 1.54) is 5.01 Å². The predicted octanol–water partition coefficient (Wildman–Crippen LogP) is -2.18. The summed E-state index contributed by atoms with van der Waals surface area (Å²) in [6.45, 7) is 3.94. The first-order valence-corrected chi connectivity index (χ1v) is 8.09. The van der Waals surface area contributed by atoms with Crippen LogP contribution in [0.4, 0.5) is 0 Å². The summed E-state index contributed by atoms with van der Waals surface area (Å²) in [5.41, 5.74) is 6.51. The van der Waals surface area contributed by atoms with Crippen LogP contribution in [0, 0.1) is 0 Å². The molecule has 5 atom stereocenters. The fourth-order valence-corrected chi connectivity index (χ4v) is 2.63. The van der Waals surface area contributed by atoms with E-state index in [0.717, 1.165) is 38.0 Å². The van der Waals surface area contributed by atoms with E-state index in [1.807, 2.05) is 0 Å². The van der Waals surface area contributed by atoms with E-state index in [0.29, 0.717) is 0 Å². The molecular formula is C14H26N4O6. The molecule has 0 radical (unpaired) electrons. The number of rotatable bonds is 8. The summed E-state index contributed by atoms with van der Waals surface area (Å²) in [4.78, 5) is 11.1. The molecule has 0 amide bonds. The van der Waals surface area contributed by atoms with Gasteiger partial charge in [-0.25, -0.2) is 4.79 Å². The quantitative estimate of drug-likeness (QED) is 0.242. The zero-order valence-electron chi connectivity index (χ0n) is 13.6. The number of carboxylic acid groups (broad SMARTS) is 1. The van der Waals surface area contributed by atoms with Gasteiger partial charge < -0.3 is 35.9 Å². The topological polar surface area (TPSA) is 147 Å². The molecule has 5 unspecified atom stereocenters. The maximum Gasteiger partial charge on any atom is 0.335 e. The first kappa shape index (κ1) is 18.9. The van der Waals surface area contributed by atoms with Gasteiger partial charge in [-0.15, -0.1) is 5.53 Å². The van der Waals surface area contributed by atoms with Gasteiger partial charge in [0, 0.05) is 11.9 Å². The second-order valence-electron chi connectivity index (χ2n) is 5.91. The number of ether oxygens (including phenoxy) is 1. The molecule has 0 spiro atoms. The van der Waals surface area contributed by atoms with E-state index < -0.39 is 36.6 Å². The molecule has 10 nitrogen and oxygen atoms in total. The van der Waals surface area contributed by atoms with Crippen LogP contribution >= 0.6 is 0 Å². The highest BCUT2D eigenvalue weighted by molar-refractivity contribution is 5.73. The zero-order chi connectivity index (χ0) is 17.7. The summed E-state index contributed by atoms with van der Waals surface area (Å²) in [6, 6.07) is 0. The standard InChI is InChI=1S/C14H26N4O6/c1-2-5-15-6-3-4-8-7-18(17-16-8)13-11(21)9(19)10(20)12(24-13)14(22)23/h7,9-13,15-17,19-21H,2-6H2,1H3,(H,22,23). The maximum atomic E-state index is 11.1. The van der Waals surface area contributed by atoms with Gasteiger partial charge in [-0.1, -0.05) is 6.92 Å². The fourth-order valence-electron chi connectivity index (χ4n) is 2.63. The van der Waals surface area contributed by atoms with Crippen LogP contribution in [0.2, 0.25) is 0 Å². The Balaban J connectivity index is 1.91. The van der Waals surface area contributed by atoms with Crippen LogP contribution in [0.3, 0.4) is 0 Å². The zero-order valence-corrected chi connectivity index (χ0v) is 13.6. The Hall–Kier alpha value is -1.43. The maximum absolute atomic E-state index is 11.1. The van der Waals surface area contributed by atoms with E-state index >= 15 is 0 Å². The Labute approximate surface area is 140 Å². The Morgan fingerprint density at radius 3 is 2.71 bits per heavy atom. The van der Waals surface area contributed by atoms with Crippen molar-refractivity contribution >= 4 is 5.97 Å². The van der Waals surface area contributed by atoms with Gasteiger partial charge >= 0.3 is 5.97 Å². The molecule has 138 valence electrons. The molecule has 0 aromatic rings. The molecule has 0 aromatic carbocycles. The smallest absolute Gasteiger partial charge is 0.335 e. The molecule has 7 N–H and O–H groups in total. The summed E-state index contributed by atoms with van der Waals surface area (Å²) in [7, 11) is 0. The summed E-state index contributed by atoms with van der Waals surface area (Å²) in [5, 5.41) is 43.3. The van der Waals surface area contributed by atoms with Crippen LogP contribution in [0.1, 0.15) is 26.2 Å². The number of carbonyl (C=O) groups is 1. The number of allylic oxidation sites excluding steroid dienone is 1. The van der Waals surface area contributed by atoms with Crippen molar-refractivity contribution in [3.05, 3.63) is 11.9 Å². The summed E-state index contributed by atoms with van der Waals surface area (Å²) in [6.07, 6.45) is -3.17.